The van der Waals surface area contributed by atoms with E-state index in [1.54, 1.807) is 0 Å². The number of nitrogens with zero attached hydrogens (tertiary/aromatic N) is 1. The number of rotatable bonds is 2. The molecule has 2 N–H and O–H groups in total. The summed E-state index contributed by atoms with van der Waals surface area (Å²) >= 11 is 0. The molecule has 0 bridgehead atoms. The van der Waals surface area contributed by atoms with Crippen molar-refractivity contribution in [2.24, 2.45) is 5.92 Å². The molecule has 0 radical (unpaired) electrons. The minimum absolute atomic E-state index is 0.819. The molecular weight excluding hydrogens is 150 g/mol. The summed E-state index contributed by atoms with van der Waals surface area (Å²) in [6.07, 6.45) is 8.78. The Balaban J connectivity index is 1.86. The van der Waals surface area contributed by atoms with E-state index >= 15 is 0 Å². The molecule has 1 aliphatic heterocycles. The molecule has 1 aromatic heterocycles. The summed E-state index contributed by atoms with van der Waals surface area (Å²) in [4.78, 5) is 3.06. The van der Waals surface area contributed by atoms with Crippen molar-refractivity contribution in [2.45, 2.75) is 19.4 Å². The average molecular weight is 166 g/mol. The summed E-state index contributed by atoms with van der Waals surface area (Å²) in [6, 6.07) is 0. The second-order valence-corrected chi connectivity index (χ2v) is 3.52. The Hall–Kier alpha value is -0.830. The lowest BCUT2D eigenvalue weighted by atomic mass is 10.00. The number of H-pyrrole nitrogens is 1. The van der Waals surface area contributed by atoms with Gasteiger partial charge in [0.2, 0.25) is 6.33 Å². The number of hydrogen-bond donors (Lipinski definition) is 2. The summed E-state index contributed by atoms with van der Waals surface area (Å²) in [5.74, 6) is 0.819. The second kappa shape index (κ2) is 3.72. The number of aromatic nitrogens is 2. The van der Waals surface area contributed by atoms with E-state index in [4.69, 9.17) is 0 Å². The largest absolute Gasteiger partial charge is 0.316 e. The van der Waals surface area contributed by atoms with E-state index in [9.17, 15) is 0 Å². The monoisotopic (exact) mass is 166 g/mol. The van der Waals surface area contributed by atoms with Crippen molar-refractivity contribution in [3.8, 4) is 0 Å². The Labute approximate surface area is 72.8 Å². The third kappa shape index (κ3) is 1.85. The van der Waals surface area contributed by atoms with E-state index in [0.717, 1.165) is 12.5 Å². The molecule has 3 heteroatoms. The van der Waals surface area contributed by atoms with Crippen molar-refractivity contribution in [1.82, 2.24) is 10.3 Å². The predicted molar refractivity (Wildman–Crippen MR) is 46.6 cm³/mol. The zero-order valence-corrected chi connectivity index (χ0v) is 7.29. The van der Waals surface area contributed by atoms with Crippen molar-refractivity contribution in [3.05, 3.63) is 18.7 Å². The first-order valence-corrected chi connectivity index (χ1v) is 4.68. The van der Waals surface area contributed by atoms with Gasteiger partial charge in [0.25, 0.3) is 0 Å². The minimum Gasteiger partial charge on any atom is -0.316 e. The zero-order valence-electron chi connectivity index (χ0n) is 7.29. The van der Waals surface area contributed by atoms with Crippen LogP contribution in [0.2, 0.25) is 0 Å². The van der Waals surface area contributed by atoms with Crippen LogP contribution in [-0.2, 0) is 6.54 Å². The molecule has 0 aliphatic carbocycles. The molecule has 0 unspecified atom stereocenters. The summed E-state index contributed by atoms with van der Waals surface area (Å²) in [6.45, 7) is 3.53. The van der Waals surface area contributed by atoms with Gasteiger partial charge in [0, 0.05) is 12.5 Å². The average Bonchev–Trinajstić information content (AvgIpc) is 2.59. The third-order valence-corrected chi connectivity index (χ3v) is 2.47. The highest BCUT2D eigenvalue weighted by atomic mass is 15.0. The van der Waals surface area contributed by atoms with Gasteiger partial charge in [0.1, 0.15) is 12.4 Å². The highest BCUT2D eigenvalue weighted by Gasteiger charge is 2.15. The molecule has 1 aliphatic rings. The fraction of sp³-hybridized carbons (Fsp3) is 0.667. The van der Waals surface area contributed by atoms with Crippen molar-refractivity contribution in [3.63, 3.8) is 0 Å². The van der Waals surface area contributed by atoms with Gasteiger partial charge in [-0.3, -0.25) is 4.98 Å². The summed E-state index contributed by atoms with van der Waals surface area (Å²) in [7, 11) is 0. The molecule has 66 valence electrons. The first-order valence-electron chi connectivity index (χ1n) is 4.68. The van der Waals surface area contributed by atoms with Crippen molar-refractivity contribution < 1.29 is 4.57 Å². The molecule has 0 aromatic carbocycles. The van der Waals surface area contributed by atoms with Crippen LogP contribution in [0.1, 0.15) is 12.8 Å². The Bertz CT molecular complexity index is 212. The van der Waals surface area contributed by atoms with E-state index in [-0.39, 0.29) is 0 Å². The van der Waals surface area contributed by atoms with Crippen LogP contribution in [-0.4, -0.2) is 18.1 Å². The molecule has 2 rings (SSSR count). The standard InChI is InChI=1S/C9H15N3/c1-2-9(6-10-3-1)7-12-5-4-11-8-12/h4-5,8-10H,1-3,6-7H2/p+1/t9-/m1/s1. The maximum atomic E-state index is 3.42. The van der Waals surface area contributed by atoms with Gasteiger partial charge in [-0.1, -0.05) is 0 Å². The highest BCUT2D eigenvalue weighted by Crippen LogP contribution is 2.08. The number of piperidine rings is 1. The fourth-order valence-corrected chi connectivity index (χ4v) is 1.81. The maximum absolute atomic E-state index is 3.42. The Morgan fingerprint density at radius 1 is 1.50 bits per heavy atom. The summed E-state index contributed by atoms with van der Waals surface area (Å²) in [5, 5.41) is 3.42. The van der Waals surface area contributed by atoms with Crippen LogP contribution >= 0.6 is 0 Å². The van der Waals surface area contributed by atoms with Crippen LogP contribution in [0.3, 0.4) is 0 Å². The molecular formula is C9H16N3+. The van der Waals surface area contributed by atoms with Gasteiger partial charge in [-0.05, 0) is 19.4 Å². The van der Waals surface area contributed by atoms with Crippen LogP contribution in [0.4, 0.5) is 0 Å². The third-order valence-electron chi connectivity index (χ3n) is 2.47. The number of imidazole rings is 1. The molecule has 3 nitrogen and oxygen atoms in total. The summed E-state index contributed by atoms with van der Waals surface area (Å²) in [5.41, 5.74) is 0. The van der Waals surface area contributed by atoms with Gasteiger partial charge in [0.15, 0.2) is 0 Å². The molecule has 12 heavy (non-hydrogen) atoms. The van der Waals surface area contributed by atoms with Crippen molar-refractivity contribution in [1.29, 1.82) is 0 Å². The predicted octanol–water partition coefficient (Wildman–Crippen LogP) is 0.302. The van der Waals surface area contributed by atoms with Crippen molar-refractivity contribution >= 4 is 0 Å². The van der Waals surface area contributed by atoms with Crippen molar-refractivity contribution in [2.75, 3.05) is 13.1 Å². The van der Waals surface area contributed by atoms with Crippen LogP contribution in [0.5, 0.6) is 0 Å². The minimum atomic E-state index is 0.819. The number of hydrogen-bond acceptors (Lipinski definition) is 1. The van der Waals surface area contributed by atoms with E-state index in [2.05, 4.69) is 21.1 Å². The molecule has 0 spiro atoms. The lowest BCUT2D eigenvalue weighted by molar-refractivity contribution is -0.702. The first-order chi connectivity index (χ1) is 5.95. The van der Waals surface area contributed by atoms with E-state index in [0.29, 0.717) is 0 Å². The van der Waals surface area contributed by atoms with Gasteiger partial charge < -0.3 is 5.32 Å². The number of aromatic amines is 1. The van der Waals surface area contributed by atoms with Gasteiger partial charge in [-0.25, -0.2) is 4.57 Å². The van der Waals surface area contributed by atoms with Crippen LogP contribution in [0, 0.1) is 5.92 Å². The molecule has 1 saturated heterocycles. The summed E-state index contributed by atoms with van der Waals surface area (Å²) < 4.78 is 2.22. The van der Waals surface area contributed by atoms with Gasteiger partial charge in [0.05, 0.1) is 6.54 Å². The molecule has 1 atom stereocenters. The smallest absolute Gasteiger partial charge is 0.241 e. The van der Waals surface area contributed by atoms with E-state index in [1.807, 2.05) is 12.5 Å². The first kappa shape index (κ1) is 7.80. The van der Waals surface area contributed by atoms with Gasteiger partial charge in [-0.15, -0.1) is 0 Å². The highest BCUT2D eigenvalue weighted by molar-refractivity contribution is 4.66. The Morgan fingerprint density at radius 3 is 3.17 bits per heavy atom. The second-order valence-electron chi connectivity index (χ2n) is 3.52. The normalized spacial score (nSPS) is 24.2. The Morgan fingerprint density at radius 2 is 2.50 bits per heavy atom. The maximum Gasteiger partial charge on any atom is 0.241 e. The quantitative estimate of drug-likeness (QED) is 0.608. The van der Waals surface area contributed by atoms with E-state index < -0.39 is 0 Å². The molecule has 0 saturated carbocycles. The fourth-order valence-electron chi connectivity index (χ4n) is 1.81. The lowest BCUT2D eigenvalue weighted by Gasteiger charge is -2.20. The van der Waals surface area contributed by atoms with Gasteiger partial charge >= 0.3 is 0 Å². The van der Waals surface area contributed by atoms with Crippen LogP contribution in [0.15, 0.2) is 18.7 Å². The molecule has 0 amide bonds. The van der Waals surface area contributed by atoms with Gasteiger partial charge in [-0.2, -0.15) is 0 Å². The van der Waals surface area contributed by atoms with E-state index in [1.165, 1.54) is 25.9 Å². The molecule has 1 fully saturated rings. The van der Waals surface area contributed by atoms with Crippen LogP contribution < -0.4 is 9.88 Å². The number of nitrogens with one attached hydrogen (secondary N) is 2. The molecule has 1 aromatic rings. The van der Waals surface area contributed by atoms with Crippen LogP contribution in [0.25, 0.3) is 0 Å². The SMILES string of the molecule is c1c[n+](C[C@@H]2CCCNC2)c[nH]1. The lowest BCUT2D eigenvalue weighted by Crippen LogP contribution is -2.41. The zero-order chi connectivity index (χ0) is 8.23. The Kier molecular flexibility index (Phi) is 2.42. The topological polar surface area (TPSA) is 31.7 Å². The molecule has 2 heterocycles.